The van der Waals surface area contributed by atoms with Gasteiger partial charge in [0.15, 0.2) is 6.10 Å². The SMILES string of the molecule is COc1ccc(-c2nnc([C@@H](C)OC(=O)c3ccc(S(=O)(=O)N4C[C@H](C)C[C@H](C)C4)cc3)o2)cc1. The molecule has 1 fully saturated rings. The molecule has 1 aliphatic heterocycles. The summed E-state index contributed by atoms with van der Waals surface area (Å²) in [5.74, 6) is 1.14. The number of ether oxygens (including phenoxy) is 2. The Hall–Kier alpha value is -3.24. The summed E-state index contributed by atoms with van der Waals surface area (Å²) in [7, 11) is -2.04. The van der Waals surface area contributed by atoms with Crippen LogP contribution in [0.4, 0.5) is 0 Å². The van der Waals surface area contributed by atoms with Gasteiger partial charge in [0.1, 0.15) is 5.75 Å². The van der Waals surface area contributed by atoms with Crippen LogP contribution in [0.25, 0.3) is 11.5 Å². The molecule has 2 heterocycles. The molecule has 4 rings (SSSR count). The van der Waals surface area contributed by atoms with Gasteiger partial charge < -0.3 is 13.9 Å². The Bertz CT molecular complexity index is 1260. The van der Waals surface area contributed by atoms with Crippen molar-refractivity contribution in [2.45, 2.75) is 38.2 Å². The van der Waals surface area contributed by atoms with Crippen LogP contribution in [0.1, 0.15) is 49.5 Å². The van der Waals surface area contributed by atoms with Gasteiger partial charge in [0.25, 0.3) is 5.89 Å². The van der Waals surface area contributed by atoms with Crippen molar-refractivity contribution in [3.63, 3.8) is 0 Å². The maximum Gasteiger partial charge on any atom is 0.338 e. The zero-order chi connectivity index (χ0) is 25.2. The third-order valence-corrected chi connectivity index (χ3v) is 7.82. The summed E-state index contributed by atoms with van der Waals surface area (Å²) in [4.78, 5) is 12.8. The molecule has 0 radical (unpaired) electrons. The lowest BCUT2D eigenvalue weighted by Gasteiger charge is -2.34. The lowest BCUT2D eigenvalue weighted by Crippen LogP contribution is -2.42. The Morgan fingerprint density at radius 2 is 1.66 bits per heavy atom. The first-order chi connectivity index (χ1) is 16.7. The Morgan fingerprint density at radius 3 is 2.26 bits per heavy atom. The number of nitrogens with zero attached hydrogens (tertiary/aromatic N) is 3. The summed E-state index contributed by atoms with van der Waals surface area (Å²) >= 11 is 0. The monoisotopic (exact) mass is 499 g/mol. The second-order valence-corrected chi connectivity index (χ2v) is 11.0. The molecule has 0 bridgehead atoms. The van der Waals surface area contributed by atoms with Crippen molar-refractivity contribution in [3.05, 3.63) is 60.0 Å². The molecular formula is C25H29N3O6S. The molecular weight excluding hydrogens is 470 g/mol. The van der Waals surface area contributed by atoms with Crippen molar-refractivity contribution in [2.24, 2.45) is 11.8 Å². The Balaban J connectivity index is 1.41. The molecule has 0 amide bonds. The van der Waals surface area contributed by atoms with E-state index in [9.17, 15) is 13.2 Å². The van der Waals surface area contributed by atoms with Gasteiger partial charge in [0.05, 0.1) is 17.6 Å². The van der Waals surface area contributed by atoms with Crippen molar-refractivity contribution in [3.8, 4) is 17.2 Å². The summed E-state index contributed by atoms with van der Waals surface area (Å²) in [5.41, 5.74) is 0.934. The summed E-state index contributed by atoms with van der Waals surface area (Å²) < 4.78 is 43.9. The van der Waals surface area contributed by atoms with E-state index in [0.29, 0.717) is 42.1 Å². The van der Waals surface area contributed by atoms with Gasteiger partial charge in [0, 0.05) is 18.7 Å². The normalized spacial score (nSPS) is 19.8. The van der Waals surface area contributed by atoms with E-state index in [1.54, 1.807) is 38.3 Å². The molecule has 0 saturated carbocycles. The third-order valence-electron chi connectivity index (χ3n) is 5.97. The lowest BCUT2D eigenvalue weighted by molar-refractivity contribution is 0.0279. The number of benzene rings is 2. The average Bonchev–Trinajstić information content (AvgIpc) is 3.34. The van der Waals surface area contributed by atoms with Crippen LogP contribution >= 0.6 is 0 Å². The number of sulfonamides is 1. The predicted molar refractivity (Wildman–Crippen MR) is 128 cm³/mol. The molecule has 9 nitrogen and oxygen atoms in total. The van der Waals surface area contributed by atoms with Gasteiger partial charge in [-0.15, -0.1) is 10.2 Å². The second kappa shape index (κ2) is 10.2. The fourth-order valence-electron chi connectivity index (χ4n) is 4.24. The van der Waals surface area contributed by atoms with Crippen molar-refractivity contribution >= 4 is 16.0 Å². The number of methoxy groups -OCH3 is 1. The first-order valence-corrected chi connectivity index (χ1v) is 12.9. The number of aromatic nitrogens is 2. The number of rotatable bonds is 7. The van der Waals surface area contributed by atoms with Crippen LogP contribution < -0.4 is 4.74 Å². The minimum atomic E-state index is -3.62. The Labute approximate surface area is 205 Å². The van der Waals surface area contributed by atoms with Crippen LogP contribution in [-0.4, -0.2) is 49.1 Å². The molecule has 10 heteroatoms. The van der Waals surface area contributed by atoms with Gasteiger partial charge in [0.2, 0.25) is 15.9 Å². The van der Waals surface area contributed by atoms with Crippen LogP contribution in [0.15, 0.2) is 57.8 Å². The van der Waals surface area contributed by atoms with E-state index >= 15 is 0 Å². The largest absolute Gasteiger partial charge is 0.497 e. The first-order valence-electron chi connectivity index (χ1n) is 11.5. The molecule has 0 unspecified atom stereocenters. The number of carbonyl (C=O) groups is 1. The smallest absolute Gasteiger partial charge is 0.338 e. The van der Waals surface area contributed by atoms with Crippen LogP contribution in [0, 0.1) is 11.8 Å². The lowest BCUT2D eigenvalue weighted by atomic mass is 9.94. The molecule has 35 heavy (non-hydrogen) atoms. The minimum Gasteiger partial charge on any atom is -0.497 e. The number of hydrogen-bond donors (Lipinski definition) is 0. The quantitative estimate of drug-likeness (QED) is 0.442. The fraction of sp³-hybridized carbons (Fsp3) is 0.400. The van der Waals surface area contributed by atoms with Crippen molar-refractivity contribution in [1.29, 1.82) is 0 Å². The molecule has 1 saturated heterocycles. The van der Waals surface area contributed by atoms with E-state index in [4.69, 9.17) is 13.9 Å². The van der Waals surface area contributed by atoms with E-state index in [1.165, 1.54) is 28.6 Å². The molecule has 3 aromatic rings. The molecule has 0 N–H and O–H groups in total. The topological polar surface area (TPSA) is 112 Å². The van der Waals surface area contributed by atoms with Crippen molar-refractivity contribution in [2.75, 3.05) is 20.2 Å². The molecule has 0 spiro atoms. The highest BCUT2D eigenvalue weighted by Crippen LogP contribution is 2.28. The molecule has 0 aliphatic carbocycles. The zero-order valence-electron chi connectivity index (χ0n) is 20.2. The molecule has 1 aromatic heterocycles. The predicted octanol–water partition coefficient (Wildman–Crippen LogP) is 4.33. The fourth-order valence-corrected chi connectivity index (χ4v) is 5.92. The summed E-state index contributed by atoms with van der Waals surface area (Å²) in [6.45, 7) is 6.73. The number of esters is 1. The molecule has 186 valence electrons. The molecule has 2 aromatic carbocycles. The van der Waals surface area contributed by atoms with E-state index in [2.05, 4.69) is 24.0 Å². The van der Waals surface area contributed by atoms with Gasteiger partial charge in [-0.1, -0.05) is 13.8 Å². The van der Waals surface area contributed by atoms with Crippen LogP contribution in [-0.2, 0) is 14.8 Å². The van der Waals surface area contributed by atoms with Gasteiger partial charge in [-0.2, -0.15) is 4.31 Å². The summed E-state index contributed by atoms with van der Waals surface area (Å²) in [6, 6.07) is 12.9. The number of carbonyl (C=O) groups excluding carboxylic acids is 1. The Kier molecular flexibility index (Phi) is 7.23. The highest BCUT2D eigenvalue weighted by atomic mass is 32.2. The maximum absolute atomic E-state index is 13.1. The van der Waals surface area contributed by atoms with E-state index in [1.807, 2.05) is 0 Å². The van der Waals surface area contributed by atoms with Gasteiger partial charge >= 0.3 is 5.97 Å². The third kappa shape index (κ3) is 5.54. The highest BCUT2D eigenvalue weighted by Gasteiger charge is 2.31. The Morgan fingerprint density at radius 1 is 1.03 bits per heavy atom. The molecule has 3 atom stereocenters. The van der Waals surface area contributed by atoms with Gasteiger partial charge in [-0.3, -0.25) is 0 Å². The number of piperidine rings is 1. The van der Waals surface area contributed by atoms with E-state index < -0.39 is 22.1 Å². The van der Waals surface area contributed by atoms with Gasteiger partial charge in [-0.25, -0.2) is 13.2 Å². The number of hydrogen-bond acceptors (Lipinski definition) is 8. The van der Waals surface area contributed by atoms with Gasteiger partial charge in [-0.05, 0) is 73.7 Å². The minimum absolute atomic E-state index is 0.150. The standard InChI is InChI=1S/C25H29N3O6S/c1-16-13-17(2)15-28(14-16)35(30,31)22-11-7-20(8-12-22)25(29)33-18(3)23-26-27-24(34-23)19-5-9-21(32-4)10-6-19/h5-12,16-18H,13-15H2,1-4H3/t16-,17+,18-/m1/s1. The summed E-state index contributed by atoms with van der Waals surface area (Å²) in [6.07, 6.45) is 0.220. The first kappa shape index (κ1) is 24.9. The van der Waals surface area contributed by atoms with Crippen LogP contribution in [0.2, 0.25) is 0 Å². The van der Waals surface area contributed by atoms with E-state index in [0.717, 1.165) is 6.42 Å². The molecule has 1 aliphatic rings. The highest BCUT2D eigenvalue weighted by molar-refractivity contribution is 7.89. The van der Waals surface area contributed by atoms with E-state index in [-0.39, 0.29) is 16.3 Å². The average molecular weight is 500 g/mol. The summed E-state index contributed by atoms with van der Waals surface area (Å²) in [5, 5.41) is 8.00. The second-order valence-electron chi connectivity index (χ2n) is 9.01. The van der Waals surface area contributed by atoms with Crippen LogP contribution in [0.5, 0.6) is 5.75 Å². The zero-order valence-corrected chi connectivity index (χ0v) is 21.0. The van der Waals surface area contributed by atoms with Crippen molar-refractivity contribution < 1.29 is 27.1 Å². The maximum atomic E-state index is 13.1. The van der Waals surface area contributed by atoms with Crippen molar-refractivity contribution in [1.82, 2.24) is 14.5 Å². The van der Waals surface area contributed by atoms with Crippen LogP contribution in [0.3, 0.4) is 0 Å².